The lowest BCUT2D eigenvalue weighted by atomic mass is 10.0. The van der Waals surface area contributed by atoms with Crippen LogP contribution in [0.2, 0.25) is 0 Å². The molecule has 0 saturated carbocycles. The number of aromatic carboxylic acids is 1. The highest BCUT2D eigenvalue weighted by Crippen LogP contribution is 2.39. The second-order valence-electron chi connectivity index (χ2n) is 6.32. The molecular formula is C20H17N3O3S. The molecule has 0 aliphatic carbocycles. The minimum Gasteiger partial charge on any atom is -0.478 e. The normalized spacial score (nSPS) is 19.1. The number of carbonyl (C=O) groups is 1. The summed E-state index contributed by atoms with van der Waals surface area (Å²) in [4.78, 5) is 17.4. The average molecular weight is 379 g/mol. The van der Waals surface area contributed by atoms with Crippen LogP contribution in [0, 0.1) is 0 Å². The molecule has 1 aliphatic rings. The van der Waals surface area contributed by atoms with Crippen LogP contribution in [0.3, 0.4) is 0 Å². The largest absolute Gasteiger partial charge is 0.478 e. The quantitative estimate of drug-likeness (QED) is 0.670. The number of hydrogen-bond acceptors (Lipinski definition) is 4. The fraction of sp³-hybridized carbons (Fsp3) is 0.150. The molecule has 6 nitrogen and oxygen atoms in total. The number of rotatable bonds is 4. The first-order chi connectivity index (χ1) is 13.0. The Morgan fingerprint density at radius 3 is 2.63 bits per heavy atom. The summed E-state index contributed by atoms with van der Waals surface area (Å²) in [5.41, 5.74) is 1.95. The zero-order chi connectivity index (χ0) is 19.0. The van der Waals surface area contributed by atoms with Gasteiger partial charge in [0.15, 0.2) is 5.11 Å². The van der Waals surface area contributed by atoms with Gasteiger partial charge < -0.3 is 19.7 Å². The summed E-state index contributed by atoms with van der Waals surface area (Å²) in [7, 11) is 1.92. The smallest absolute Gasteiger partial charge is 0.335 e. The van der Waals surface area contributed by atoms with Crippen molar-refractivity contribution in [2.24, 2.45) is 0 Å². The van der Waals surface area contributed by atoms with E-state index in [9.17, 15) is 4.79 Å². The van der Waals surface area contributed by atoms with Gasteiger partial charge in [0, 0.05) is 18.8 Å². The maximum atomic E-state index is 11.0. The lowest BCUT2D eigenvalue weighted by molar-refractivity contribution is 0.0697. The van der Waals surface area contributed by atoms with Gasteiger partial charge in [-0.25, -0.2) is 4.79 Å². The molecule has 1 fully saturated rings. The third-order valence-electron chi connectivity index (χ3n) is 4.67. The van der Waals surface area contributed by atoms with Gasteiger partial charge in [-0.05, 0) is 48.6 Å². The van der Waals surface area contributed by atoms with E-state index >= 15 is 0 Å². The maximum absolute atomic E-state index is 11.0. The van der Waals surface area contributed by atoms with Gasteiger partial charge in [0.2, 0.25) is 0 Å². The fourth-order valence-corrected chi connectivity index (χ4v) is 3.50. The number of furan rings is 1. The van der Waals surface area contributed by atoms with Crippen LogP contribution in [0.1, 0.15) is 33.9 Å². The molecule has 1 saturated heterocycles. The zero-order valence-corrected chi connectivity index (χ0v) is 15.3. The summed E-state index contributed by atoms with van der Waals surface area (Å²) >= 11 is 5.42. The molecule has 2 unspecified atom stereocenters. The lowest BCUT2D eigenvalue weighted by Gasteiger charge is -2.21. The zero-order valence-electron chi connectivity index (χ0n) is 14.5. The number of benzene rings is 1. The lowest BCUT2D eigenvalue weighted by Crippen LogP contribution is -2.24. The molecule has 0 spiro atoms. The van der Waals surface area contributed by atoms with Gasteiger partial charge in [0.25, 0.3) is 0 Å². The van der Waals surface area contributed by atoms with Crippen LogP contribution in [0.15, 0.2) is 65.2 Å². The van der Waals surface area contributed by atoms with E-state index in [1.807, 2.05) is 42.3 Å². The van der Waals surface area contributed by atoms with Gasteiger partial charge in [-0.2, -0.15) is 0 Å². The standard InChI is InChI=1S/C20H17N3O3S/c1-23-18(17(22-20(23)27)14-4-2-3-11-21-14)16-10-9-15(26-16)12-5-7-13(8-6-12)19(24)25/h2-11,17-18H,1H3,(H,22,27)(H,24,25). The fourth-order valence-electron chi connectivity index (χ4n) is 3.26. The Bertz CT molecular complexity index is 985. The minimum absolute atomic E-state index is 0.114. The Labute approximate surface area is 161 Å². The van der Waals surface area contributed by atoms with Gasteiger partial charge in [-0.3, -0.25) is 4.98 Å². The number of nitrogens with zero attached hydrogens (tertiary/aromatic N) is 2. The van der Waals surface area contributed by atoms with Crippen molar-refractivity contribution in [1.29, 1.82) is 0 Å². The van der Waals surface area contributed by atoms with Crippen LogP contribution >= 0.6 is 12.2 Å². The predicted octanol–water partition coefficient (Wildman–Crippen LogP) is 3.64. The van der Waals surface area contributed by atoms with Crippen LogP contribution in [0.25, 0.3) is 11.3 Å². The first-order valence-electron chi connectivity index (χ1n) is 8.42. The molecule has 0 radical (unpaired) electrons. The summed E-state index contributed by atoms with van der Waals surface area (Å²) in [6.07, 6.45) is 1.76. The van der Waals surface area contributed by atoms with Crippen LogP contribution in [0.5, 0.6) is 0 Å². The number of carboxylic acid groups (broad SMARTS) is 1. The summed E-state index contributed by atoms with van der Waals surface area (Å²) in [5, 5.41) is 13.0. The third kappa shape index (κ3) is 3.17. The van der Waals surface area contributed by atoms with Crippen LogP contribution in [0.4, 0.5) is 0 Å². The molecule has 7 heteroatoms. The van der Waals surface area contributed by atoms with E-state index in [1.165, 1.54) is 0 Å². The first kappa shape index (κ1) is 17.2. The summed E-state index contributed by atoms with van der Waals surface area (Å²) in [5.74, 6) is 0.484. The van der Waals surface area contributed by atoms with Gasteiger partial charge in [-0.1, -0.05) is 18.2 Å². The van der Waals surface area contributed by atoms with Gasteiger partial charge in [-0.15, -0.1) is 0 Å². The summed E-state index contributed by atoms with van der Waals surface area (Å²) < 4.78 is 6.11. The average Bonchev–Trinajstić information content (AvgIpc) is 3.28. The monoisotopic (exact) mass is 379 g/mol. The summed E-state index contributed by atoms with van der Waals surface area (Å²) in [6, 6.07) is 16.0. The predicted molar refractivity (Wildman–Crippen MR) is 104 cm³/mol. The number of nitrogens with one attached hydrogen (secondary N) is 1. The number of pyridine rings is 1. The van der Waals surface area contributed by atoms with E-state index < -0.39 is 5.97 Å². The Hall–Kier alpha value is -3.19. The molecule has 2 N–H and O–H groups in total. The molecule has 1 aromatic carbocycles. The molecule has 3 aromatic rings. The van der Waals surface area contributed by atoms with Crippen LogP contribution in [-0.2, 0) is 0 Å². The molecule has 2 aromatic heterocycles. The highest BCUT2D eigenvalue weighted by Gasteiger charge is 2.39. The number of hydrogen-bond donors (Lipinski definition) is 2. The van der Waals surface area contributed by atoms with Gasteiger partial charge in [0.1, 0.15) is 17.6 Å². The van der Waals surface area contributed by atoms with Crippen molar-refractivity contribution in [2.75, 3.05) is 7.05 Å². The van der Waals surface area contributed by atoms with E-state index in [0.29, 0.717) is 10.9 Å². The van der Waals surface area contributed by atoms with Gasteiger partial charge in [0.05, 0.1) is 17.3 Å². The molecule has 1 aliphatic heterocycles. The molecule has 0 amide bonds. The van der Waals surface area contributed by atoms with Crippen molar-refractivity contribution < 1.29 is 14.3 Å². The van der Waals surface area contributed by atoms with Crippen molar-refractivity contribution in [3.63, 3.8) is 0 Å². The van der Waals surface area contributed by atoms with E-state index in [1.54, 1.807) is 30.5 Å². The highest BCUT2D eigenvalue weighted by atomic mass is 32.1. The minimum atomic E-state index is -0.952. The molecule has 0 bridgehead atoms. The number of likely N-dealkylation sites (N-methyl/N-ethyl adjacent to an activating group) is 1. The molecule has 27 heavy (non-hydrogen) atoms. The Balaban J connectivity index is 1.66. The Morgan fingerprint density at radius 1 is 1.19 bits per heavy atom. The second kappa shape index (κ2) is 6.85. The third-order valence-corrected chi connectivity index (χ3v) is 5.08. The molecule has 136 valence electrons. The summed E-state index contributed by atoms with van der Waals surface area (Å²) in [6.45, 7) is 0. The van der Waals surface area contributed by atoms with Crippen molar-refractivity contribution in [1.82, 2.24) is 15.2 Å². The van der Waals surface area contributed by atoms with E-state index in [4.69, 9.17) is 21.7 Å². The second-order valence-corrected chi connectivity index (χ2v) is 6.71. The number of carboxylic acids is 1. The SMILES string of the molecule is CN1C(=S)NC(c2ccccn2)C1c1ccc(-c2ccc(C(=O)O)cc2)o1. The molecule has 4 rings (SSSR count). The van der Waals surface area contributed by atoms with E-state index in [2.05, 4.69) is 10.3 Å². The number of thiocarbonyl (C=S) groups is 1. The van der Waals surface area contributed by atoms with E-state index in [-0.39, 0.29) is 17.6 Å². The topological polar surface area (TPSA) is 78.6 Å². The first-order valence-corrected chi connectivity index (χ1v) is 8.83. The van der Waals surface area contributed by atoms with Gasteiger partial charge >= 0.3 is 5.97 Å². The van der Waals surface area contributed by atoms with Crippen molar-refractivity contribution in [3.05, 3.63) is 77.8 Å². The van der Waals surface area contributed by atoms with Crippen molar-refractivity contribution in [3.8, 4) is 11.3 Å². The van der Waals surface area contributed by atoms with Crippen LogP contribution in [-0.4, -0.2) is 33.1 Å². The molecule has 3 heterocycles. The Morgan fingerprint density at radius 2 is 1.96 bits per heavy atom. The van der Waals surface area contributed by atoms with Crippen molar-refractivity contribution >= 4 is 23.3 Å². The maximum Gasteiger partial charge on any atom is 0.335 e. The van der Waals surface area contributed by atoms with Crippen molar-refractivity contribution in [2.45, 2.75) is 12.1 Å². The van der Waals surface area contributed by atoms with Crippen LogP contribution < -0.4 is 5.32 Å². The molecular weight excluding hydrogens is 362 g/mol. The Kier molecular flexibility index (Phi) is 4.37. The number of aromatic nitrogens is 1. The molecule has 2 atom stereocenters. The highest BCUT2D eigenvalue weighted by molar-refractivity contribution is 7.80. The van der Waals surface area contributed by atoms with E-state index in [0.717, 1.165) is 17.0 Å².